The van der Waals surface area contributed by atoms with Crippen molar-refractivity contribution in [1.82, 2.24) is 4.98 Å². The average molecular weight is 418 g/mol. The van der Waals surface area contributed by atoms with Gasteiger partial charge in [0, 0.05) is 16.5 Å². The van der Waals surface area contributed by atoms with Gasteiger partial charge >= 0.3 is 0 Å². The van der Waals surface area contributed by atoms with Crippen molar-refractivity contribution < 1.29 is 19.2 Å². The standard InChI is InChI=1S/C26H14N2O4/c29-23-14-7-1-2-8-15(14)24(30)22(23)20-13-21(18-11-5-6-12-19(18)27-20)28-25(31)16-9-3-4-10-17(16)26(28)32/h1-13,22H. The molecule has 2 heterocycles. The number of nitrogens with zero attached hydrogens (tertiary/aromatic N) is 2. The second-order valence-electron chi connectivity index (χ2n) is 7.78. The summed E-state index contributed by atoms with van der Waals surface area (Å²) in [5.41, 5.74) is 2.39. The van der Waals surface area contributed by atoms with Gasteiger partial charge in [-0.2, -0.15) is 0 Å². The van der Waals surface area contributed by atoms with Crippen LogP contribution in [0.1, 0.15) is 53.0 Å². The summed E-state index contributed by atoms with van der Waals surface area (Å²) in [6, 6.07) is 21.9. The van der Waals surface area contributed by atoms with Crippen LogP contribution < -0.4 is 4.90 Å². The molecular formula is C26H14N2O4. The van der Waals surface area contributed by atoms with Gasteiger partial charge in [0.15, 0.2) is 11.6 Å². The number of benzene rings is 3. The molecule has 0 N–H and O–H groups in total. The first-order chi connectivity index (χ1) is 15.6. The molecule has 4 aromatic rings. The van der Waals surface area contributed by atoms with E-state index in [2.05, 4.69) is 4.98 Å². The molecule has 32 heavy (non-hydrogen) atoms. The SMILES string of the molecule is O=C1c2ccccc2C(=O)C1c1cc(N2C(=O)c3ccccc3C2=O)c2ccccc2n1. The van der Waals surface area contributed by atoms with E-state index in [0.29, 0.717) is 38.8 Å². The van der Waals surface area contributed by atoms with E-state index in [9.17, 15) is 19.2 Å². The highest BCUT2D eigenvalue weighted by Crippen LogP contribution is 2.38. The van der Waals surface area contributed by atoms with Crippen LogP contribution in [0.25, 0.3) is 10.9 Å². The Morgan fingerprint density at radius 3 is 1.72 bits per heavy atom. The Morgan fingerprint density at radius 1 is 0.625 bits per heavy atom. The molecule has 0 radical (unpaired) electrons. The first-order valence-electron chi connectivity index (χ1n) is 10.1. The van der Waals surface area contributed by atoms with Crippen molar-refractivity contribution in [2.45, 2.75) is 5.92 Å². The third kappa shape index (κ3) is 2.37. The first-order valence-corrected chi connectivity index (χ1v) is 10.1. The predicted octanol–water partition coefficient (Wildman–Crippen LogP) is 4.20. The molecule has 0 saturated heterocycles. The van der Waals surface area contributed by atoms with Gasteiger partial charge in [-0.3, -0.25) is 24.2 Å². The zero-order valence-corrected chi connectivity index (χ0v) is 16.6. The maximum atomic E-state index is 13.1. The lowest BCUT2D eigenvalue weighted by Crippen LogP contribution is -2.30. The number of Topliss-reactive ketones (excluding diaryl/α,β-unsaturated/α-hetero) is 2. The van der Waals surface area contributed by atoms with E-state index < -0.39 is 17.7 Å². The fraction of sp³-hybridized carbons (Fsp3) is 0.0385. The van der Waals surface area contributed by atoms with Gasteiger partial charge in [0.25, 0.3) is 11.8 Å². The zero-order chi connectivity index (χ0) is 22.0. The number of aromatic nitrogens is 1. The average Bonchev–Trinajstić information content (AvgIpc) is 3.23. The molecule has 2 aliphatic rings. The van der Waals surface area contributed by atoms with Crippen LogP contribution in [0.5, 0.6) is 0 Å². The van der Waals surface area contributed by atoms with Gasteiger partial charge in [-0.15, -0.1) is 0 Å². The minimum Gasteiger partial charge on any atom is -0.293 e. The highest BCUT2D eigenvalue weighted by molar-refractivity contribution is 6.36. The first kappa shape index (κ1) is 18.3. The number of anilines is 1. The number of ketones is 2. The number of carbonyl (C=O) groups excluding carboxylic acids is 4. The van der Waals surface area contributed by atoms with E-state index in [-0.39, 0.29) is 17.3 Å². The molecule has 0 bridgehead atoms. The molecule has 0 unspecified atom stereocenters. The van der Waals surface area contributed by atoms with Crippen LogP contribution in [0, 0.1) is 0 Å². The van der Waals surface area contributed by atoms with Crippen molar-refractivity contribution >= 4 is 40.0 Å². The molecule has 6 heteroatoms. The maximum absolute atomic E-state index is 13.1. The Bertz CT molecular complexity index is 1450. The number of carbonyl (C=O) groups is 4. The normalized spacial score (nSPS) is 15.6. The van der Waals surface area contributed by atoms with Gasteiger partial charge in [-0.1, -0.05) is 54.6 Å². The van der Waals surface area contributed by atoms with Crippen molar-refractivity contribution in [3.05, 3.63) is 107 Å². The fourth-order valence-corrected chi connectivity index (χ4v) is 4.53. The summed E-state index contributed by atoms with van der Waals surface area (Å²) in [5, 5.41) is 0.584. The van der Waals surface area contributed by atoms with Crippen molar-refractivity contribution in [3.8, 4) is 0 Å². The summed E-state index contributed by atoms with van der Waals surface area (Å²) >= 11 is 0. The quantitative estimate of drug-likeness (QED) is 0.360. The number of fused-ring (bicyclic) bond motifs is 3. The number of rotatable bonds is 2. The van der Waals surface area contributed by atoms with Crippen LogP contribution in [0.3, 0.4) is 0 Å². The number of hydrogen-bond donors (Lipinski definition) is 0. The molecule has 0 atom stereocenters. The summed E-state index contributed by atoms with van der Waals surface area (Å²) in [6.07, 6.45) is 0. The maximum Gasteiger partial charge on any atom is 0.266 e. The fourth-order valence-electron chi connectivity index (χ4n) is 4.53. The van der Waals surface area contributed by atoms with Crippen molar-refractivity contribution in [2.75, 3.05) is 4.90 Å². The monoisotopic (exact) mass is 418 g/mol. The molecular weight excluding hydrogens is 404 g/mol. The number of imide groups is 1. The number of hydrogen-bond acceptors (Lipinski definition) is 5. The Labute approximate surface area is 182 Å². The lowest BCUT2D eigenvalue weighted by Gasteiger charge is -2.19. The second-order valence-corrected chi connectivity index (χ2v) is 7.78. The Balaban J connectivity index is 1.56. The van der Waals surface area contributed by atoms with Gasteiger partial charge in [-0.05, 0) is 24.3 Å². The summed E-state index contributed by atoms with van der Waals surface area (Å²) < 4.78 is 0. The van der Waals surface area contributed by atoms with E-state index in [4.69, 9.17) is 0 Å². The second kappa shape index (κ2) is 6.52. The highest BCUT2D eigenvalue weighted by atomic mass is 16.2. The largest absolute Gasteiger partial charge is 0.293 e. The molecule has 1 aliphatic carbocycles. The number of amides is 2. The van der Waals surface area contributed by atoms with E-state index >= 15 is 0 Å². The summed E-state index contributed by atoms with van der Waals surface area (Å²) in [7, 11) is 0. The lowest BCUT2D eigenvalue weighted by molar-refractivity contribution is 0.0884. The lowest BCUT2D eigenvalue weighted by atomic mass is 9.97. The summed E-state index contributed by atoms with van der Waals surface area (Å²) in [5.74, 6) is -2.66. The minimum absolute atomic E-state index is 0.224. The Hall–Kier alpha value is -4.45. The molecule has 1 aliphatic heterocycles. The van der Waals surface area contributed by atoms with Crippen LogP contribution in [0.2, 0.25) is 0 Å². The van der Waals surface area contributed by atoms with Gasteiger partial charge in [-0.25, -0.2) is 4.90 Å². The van der Waals surface area contributed by atoms with Gasteiger partial charge in [0.05, 0.1) is 28.0 Å². The van der Waals surface area contributed by atoms with Crippen LogP contribution in [-0.2, 0) is 0 Å². The van der Waals surface area contributed by atoms with Crippen LogP contribution in [-0.4, -0.2) is 28.4 Å². The smallest absolute Gasteiger partial charge is 0.266 e. The number of pyridine rings is 1. The van der Waals surface area contributed by atoms with Crippen molar-refractivity contribution in [1.29, 1.82) is 0 Å². The highest BCUT2D eigenvalue weighted by Gasteiger charge is 2.42. The van der Waals surface area contributed by atoms with E-state index in [1.54, 1.807) is 72.8 Å². The van der Waals surface area contributed by atoms with Crippen molar-refractivity contribution in [2.24, 2.45) is 0 Å². The van der Waals surface area contributed by atoms with E-state index in [0.717, 1.165) is 4.90 Å². The van der Waals surface area contributed by atoms with E-state index in [1.165, 1.54) is 6.07 Å². The molecule has 152 valence electrons. The van der Waals surface area contributed by atoms with Gasteiger partial charge in [0.1, 0.15) is 5.92 Å². The Morgan fingerprint density at radius 2 is 1.12 bits per heavy atom. The van der Waals surface area contributed by atoms with Crippen LogP contribution in [0.4, 0.5) is 5.69 Å². The van der Waals surface area contributed by atoms with Gasteiger partial charge < -0.3 is 0 Å². The molecule has 1 aromatic heterocycles. The number of para-hydroxylation sites is 1. The predicted molar refractivity (Wildman–Crippen MR) is 117 cm³/mol. The molecule has 6 rings (SSSR count). The molecule has 0 spiro atoms. The Kier molecular flexibility index (Phi) is 3.74. The topological polar surface area (TPSA) is 84.4 Å². The third-order valence-corrected chi connectivity index (χ3v) is 6.03. The summed E-state index contributed by atoms with van der Waals surface area (Å²) in [6.45, 7) is 0. The summed E-state index contributed by atoms with van der Waals surface area (Å²) in [4.78, 5) is 58.1. The molecule has 3 aromatic carbocycles. The van der Waals surface area contributed by atoms with Crippen LogP contribution in [0.15, 0.2) is 78.9 Å². The molecule has 6 nitrogen and oxygen atoms in total. The minimum atomic E-state index is -1.11. The molecule has 2 amide bonds. The van der Waals surface area contributed by atoms with E-state index in [1.807, 2.05) is 0 Å². The van der Waals surface area contributed by atoms with Crippen molar-refractivity contribution in [3.63, 3.8) is 0 Å². The molecule has 0 fully saturated rings. The molecule has 0 saturated carbocycles. The van der Waals surface area contributed by atoms with Gasteiger partial charge in [0.2, 0.25) is 0 Å². The zero-order valence-electron chi connectivity index (χ0n) is 16.6. The van der Waals surface area contributed by atoms with Crippen LogP contribution >= 0.6 is 0 Å². The third-order valence-electron chi connectivity index (χ3n) is 6.03.